The van der Waals surface area contributed by atoms with Crippen molar-refractivity contribution in [3.05, 3.63) is 54.1 Å². The Hall–Kier alpha value is -1.65. The van der Waals surface area contributed by atoms with Gasteiger partial charge in [0.05, 0.1) is 4.90 Å². The molecule has 1 unspecified atom stereocenters. The van der Waals surface area contributed by atoms with Crippen molar-refractivity contribution in [2.45, 2.75) is 18.7 Å². The summed E-state index contributed by atoms with van der Waals surface area (Å²) in [4.78, 5) is 2.57. The first-order chi connectivity index (χ1) is 9.13. The highest BCUT2D eigenvalue weighted by atomic mass is 32.2. The average molecular weight is 275 g/mol. The van der Waals surface area contributed by atoms with E-state index < -0.39 is 11.1 Å². The molecule has 0 fully saturated rings. The Morgan fingerprint density at radius 1 is 1.11 bits per heavy atom. The van der Waals surface area contributed by atoms with E-state index >= 15 is 0 Å². The average Bonchev–Trinajstić information content (AvgIpc) is 2.42. The van der Waals surface area contributed by atoms with Crippen LogP contribution >= 0.6 is 0 Å². The van der Waals surface area contributed by atoms with E-state index in [0.717, 1.165) is 23.5 Å². The number of hydrogen-bond acceptors (Lipinski definition) is 2. The summed E-state index contributed by atoms with van der Waals surface area (Å²) in [6.07, 6.45) is 0. The molecule has 1 N–H and O–H groups in total. The zero-order valence-electron chi connectivity index (χ0n) is 11.0. The van der Waals surface area contributed by atoms with Gasteiger partial charge in [-0.1, -0.05) is 24.3 Å². The van der Waals surface area contributed by atoms with Gasteiger partial charge in [0.25, 0.3) is 0 Å². The third kappa shape index (κ3) is 3.03. The maximum Gasteiger partial charge on any atom is 0.186 e. The molecule has 0 radical (unpaired) electrons. The fraction of sp³-hybridized carbons (Fsp3) is 0.200. The molecule has 2 aromatic carbocycles. The van der Waals surface area contributed by atoms with Crippen molar-refractivity contribution >= 4 is 22.5 Å². The largest absolute Gasteiger partial charge is 0.342 e. The predicted molar refractivity (Wildman–Crippen MR) is 79.3 cm³/mol. The van der Waals surface area contributed by atoms with E-state index in [-0.39, 0.29) is 0 Å². The number of hydrogen-bond donors (Lipinski definition) is 1. The van der Waals surface area contributed by atoms with Crippen LogP contribution in [0.25, 0.3) is 0 Å². The first-order valence-corrected chi connectivity index (χ1v) is 7.28. The minimum atomic E-state index is -1.95. The van der Waals surface area contributed by atoms with Gasteiger partial charge >= 0.3 is 0 Å². The van der Waals surface area contributed by atoms with Crippen LogP contribution in [0.5, 0.6) is 0 Å². The first-order valence-electron chi connectivity index (χ1n) is 6.17. The summed E-state index contributed by atoms with van der Waals surface area (Å²) in [5.74, 6) is 0. The highest BCUT2D eigenvalue weighted by Gasteiger charge is 2.11. The Labute approximate surface area is 116 Å². The molecule has 0 heterocycles. The van der Waals surface area contributed by atoms with Gasteiger partial charge < -0.3 is 9.45 Å². The van der Waals surface area contributed by atoms with Gasteiger partial charge in [-0.15, -0.1) is 0 Å². The molecule has 19 heavy (non-hydrogen) atoms. The standard InChI is InChI=1S/C15H17NO2S/c1-3-16(13-7-5-4-6-8-13)14-10-9-12(2)15(11-14)19(17)18/h4-11H,3H2,1-2H3,(H,17,18). The molecular formula is C15H17NO2S. The number of nitrogens with zero attached hydrogens (tertiary/aromatic N) is 1. The third-order valence-electron chi connectivity index (χ3n) is 3.06. The molecule has 3 nitrogen and oxygen atoms in total. The van der Waals surface area contributed by atoms with Gasteiger partial charge in [0, 0.05) is 17.9 Å². The topological polar surface area (TPSA) is 40.5 Å². The van der Waals surface area contributed by atoms with Crippen LogP contribution in [0.15, 0.2) is 53.4 Å². The molecule has 1 atom stereocenters. The maximum atomic E-state index is 11.3. The van der Waals surface area contributed by atoms with Crippen LogP contribution in [-0.4, -0.2) is 15.3 Å². The second kappa shape index (κ2) is 5.99. The quantitative estimate of drug-likeness (QED) is 0.864. The molecule has 4 heteroatoms. The van der Waals surface area contributed by atoms with E-state index in [9.17, 15) is 8.76 Å². The SMILES string of the molecule is CCN(c1ccccc1)c1ccc(C)c(S(=O)O)c1. The van der Waals surface area contributed by atoms with Crippen LogP contribution in [0.2, 0.25) is 0 Å². The van der Waals surface area contributed by atoms with Crippen molar-refractivity contribution < 1.29 is 8.76 Å². The van der Waals surface area contributed by atoms with Crippen molar-refractivity contribution in [1.29, 1.82) is 0 Å². The van der Waals surface area contributed by atoms with Gasteiger partial charge in [-0.25, -0.2) is 4.21 Å². The molecule has 0 aliphatic rings. The summed E-state index contributed by atoms with van der Waals surface area (Å²) in [7, 11) is 0. The van der Waals surface area contributed by atoms with Crippen molar-refractivity contribution in [2.24, 2.45) is 0 Å². The van der Waals surface area contributed by atoms with Crippen LogP contribution in [-0.2, 0) is 11.1 Å². The Bertz CT molecular complexity index is 584. The summed E-state index contributed by atoms with van der Waals surface area (Å²) >= 11 is -1.95. The van der Waals surface area contributed by atoms with Gasteiger partial charge in [-0.3, -0.25) is 0 Å². The van der Waals surface area contributed by atoms with E-state index in [4.69, 9.17) is 0 Å². The third-order valence-corrected chi connectivity index (χ3v) is 3.87. The Balaban J connectivity index is 2.45. The van der Waals surface area contributed by atoms with Gasteiger partial charge in [0.1, 0.15) is 0 Å². The molecule has 0 aliphatic heterocycles. The summed E-state index contributed by atoms with van der Waals surface area (Å²) in [6.45, 7) is 4.69. The predicted octanol–water partition coefficient (Wildman–Crippen LogP) is 3.73. The number of para-hydroxylation sites is 1. The lowest BCUT2D eigenvalue weighted by molar-refractivity contribution is 0.564. The molecule has 0 bridgehead atoms. The van der Waals surface area contributed by atoms with Crippen LogP contribution in [0.1, 0.15) is 12.5 Å². The number of aryl methyl sites for hydroxylation is 1. The van der Waals surface area contributed by atoms with E-state index in [1.807, 2.05) is 49.4 Å². The number of rotatable bonds is 4. The van der Waals surface area contributed by atoms with Crippen LogP contribution in [0.3, 0.4) is 0 Å². The van der Waals surface area contributed by atoms with Crippen molar-refractivity contribution in [2.75, 3.05) is 11.4 Å². The zero-order valence-corrected chi connectivity index (χ0v) is 11.9. The molecule has 2 rings (SSSR count). The molecule has 0 spiro atoms. The lowest BCUT2D eigenvalue weighted by Crippen LogP contribution is -2.16. The second-order valence-electron chi connectivity index (χ2n) is 4.28. The molecule has 0 aliphatic carbocycles. The maximum absolute atomic E-state index is 11.3. The van der Waals surface area contributed by atoms with E-state index in [2.05, 4.69) is 11.8 Å². The van der Waals surface area contributed by atoms with Gasteiger partial charge in [0.2, 0.25) is 0 Å². The van der Waals surface area contributed by atoms with E-state index in [1.165, 1.54) is 0 Å². The normalized spacial score (nSPS) is 12.2. The Kier molecular flexibility index (Phi) is 4.35. The molecule has 2 aromatic rings. The van der Waals surface area contributed by atoms with Gasteiger partial charge in [0.15, 0.2) is 11.1 Å². The van der Waals surface area contributed by atoms with E-state index in [0.29, 0.717) is 4.90 Å². The summed E-state index contributed by atoms with van der Waals surface area (Å²) in [6, 6.07) is 15.6. The van der Waals surface area contributed by atoms with Crippen molar-refractivity contribution in [1.82, 2.24) is 0 Å². The minimum absolute atomic E-state index is 0.465. The molecule has 0 saturated heterocycles. The fourth-order valence-corrected chi connectivity index (χ4v) is 2.63. The molecule has 0 saturated carbocycles. The minimum Gasteiger partial charge on any atom is -0.342 e. The lowest BCUT2D eigenvalue weighted by atomic mass is 10.2. The van der Waals surface area contributed by atoms with Crippen LogP contribution < -0.4 is 4.90 Å². The summed E-state index contributed by atoms with van der Waals surface area (Å²) in [5.41, 5.74) is 2.83. The van der Waals surface area contributed by atoms with Gasteiger partial charge in [-0.2, -0.15) is 0 Å². The number of anilines is 2. The first kappa shape index (κ1) is 13.8. The van der Waals surface area contributed by atoms with Crippen molar-refractivity contribution in [3.8, 4) is 0 Å². The molecular weight excluding hydrogens is 258 g/mol. The Morgan fingerprint density at radius 2 is 1.79 bits per heavy atom. The number of benzene rings is 2. The van der Waals surface area contributed by atoms with E-state index in [1.54, 1.807) is 6.07 Å². The molecule has 100 valence electrons. The summed E-state index contributed by atoms with van der Waals surface area (Å²) < 4.78 is 20.6. The highest BCUT2D eigenvalue weighted by molar-refractivity contribution is 7.79. The lowest BCUT2D eigenvalue weighted by Gasteiger charge is -2.24. The zero-order chi connectivity index (χ0) is 13.8. The highest BCUT2D eigenvalue weighted by Crippen LogP contribution is 2.27. The second-order valence-corrected chi connectivity index (χ2v) is 5.22. The van der Waals surface area contributed by atoms with Crippen LogP contribution in [0, 0.1) is 6.92 Å². The smallest absolute Gasteiger partial charge is 0.186 e. The fourth-order valence-electron chi connectivity index (χ4n) is 2.07. The molecule has 0 aromatic heterocycles. The molecule has 0 amide bonds. The Morgan fingerprint density at radius 3 is 2.37 bits per heavy atom. The van der Waals surface area contributed by atoms with Crippen molar-refractivity contribution in [3.63, 3.8) is 0 Å². The van der Waals surface area contributed by atoms with Gasteiger partial charge in [-0.05, 0) is 43.7 Å². The monoisotopic (exact) mass is 275 g/mol. The summed E-state index contributed by atoms with van der Waals surface area (Å²) in [5, 5.41) is 0. The van der Waals surface area contributed by atoms with Crippen LogP contribution in [0.4, 0.5) is 11.4 Å².